The third-order valence-corrected chi connectivity index (χ3v) is 8.96. The number of rotatable bonds is 1. The number of fused-ring (bicyclic) bond motifs is 5. The number of imidazole rings is 1. The van der Waals surface area contributed by atoms with Gasteiger partial charge in [-0.15, -0.1) is 0 Å². The molecular formula is C22H30F2N2. The van der Waals surface area contributed by atoms with Crippen molar-refractivity contribution in [3.05, 3.63) is 24.8 Å². The molecule has 4 heteroatoms. The van der Waals surface area contributed by atoms with E-state index in [1.54, 1.807) is 0 Å². The largest absolute Gasteiger partial charge is 0.310 e. The van der Waals surface area contributed by atoms with Crippen LogP contribution in [0.2, 0.25) is 0 Å². The Morgan fingerprint density at radius 3 is 2.69 bits per heavy atom. The lowest BCUT2D eigenvalue weighted by molar-refractivity contribution is -0.158. The fourth-order valence-corrected chi connectivity index (χ4v) is 7.52. The predicted octanol–water partition coefficient (Wildman–Crippen LogP) is 6.01. The van der Waals surface area contributed by atoms with E-state index in [1.807, 2.05) is 12.5 Å². The van der Waals surface area contributed by atoms with Gasteiger partial charge in [0.15, 0.2) is 0 Å². The van der Waals surface area contributed by atoms with E-state index >= 15 is 0 Å². The smallest absolute Gasteiger partial charge is 0.248 e. The molecule has 0 radical (unpaired) electrons. The molecule has 3 fully saturated rings. The molecule has 2 nitrogen and oxygen atoms in total. The van der Waals surface area contributed by atoms with Crippen LogP contribution in [0.1, 0.15) is 65.2 Å². The van der Waals surface area contributed by atoms with Crippen molar-refractivity contribution < 1.29 is 8.78 Å². The van der Waals surface area contributed by atoms with Crippen molar-refractivity contribution in [1.82, 2.24) is 9.55 Å². The molecule has 0 aromatic carbocycles. The summed E-state index contributed by atoms with van der Waals surface area (Å²) in [5.74, 6) is -0.216. The highest BCUT2D eigenvalue weighted by Gasteiger charge is 2.60. The molecule has 0 spiro atoms. The van der Waals surface area contributed by atoms with Crippen LogP contribution in [0, 0.1) is 34.5 Å². The Morgan fingerprint density at radius 2 is 1.92 bits per heavy atom. The van der Waals surface area contributed by atoms with Gasteiger partial charge in [-0.2, -0.15) is 0 Å². The Bertz CT molecular complexity index is 725. The second-order valence-electron chi connectivity index (χ2n) is 9.97. The Kier molecular flexibility index (Phi) is 3.53. The molecule has 6 atom stereocenters. The van der Waals surface area contributed by atoms with Crippen LogP contribution in [0.4, 0.5) is 8.78 Å². The summed E-state index contributed by atoms with van der Waals surface area (Å²) in [6, 6.07) is 0. The van der Waals surface area contributed by atoms with E-state index in [-0.39, 0.29) is 29.6 Å². The van der Waals surface area contributed by atoms with Crippen molar-refractivity contribution in [1.29, 1.82) is 0 Å². The lowest BCUT2D eigenvalue weighted by Crippen LogP contribution is -2.54. The van der Waals surface area contributed by atoms with Crippen LogP contribution in [0.5, 0.6) is 0 Å². The maximum atomic E-state index is 14.0. The van der Waals surface area contributed by atoms with E-state index in [4.69, 9.17) is 0 Å². The zero-order valence-electron chi connectivity index (χ0n) is 15.9. The molecule has 0 saturated heterocycles. The monoisotopic (exact) mass is 360 g/mol. The van der Waals surface area contributed by atoms with Crippen LogP contribution >= 0.6 is 0 Å². The first-order valence-corrected chi connectivity index (χ1v) is 10.4. The van der Waals surface area contributed by atoms with Crippen LogP contribution < -0.4 is 0 Å². The number of hydrogen-bond donors (Lipinski definition) is 0. The number of nitrogens with zero attached hydrogens (tertiary/aromatic N) is 2. The molecule has 0 aliphatic heterocycles. The van der Waals surface area contributed by atoms with Gasteiger partial charge in [-0.25, -0.2) is 13.8 Å². The highest BCUT2D eigenvalue weighted by molar-refractivity contribution is 5.56. The molecule has 0 N–H and O–H groups in total. The highest BCUT2D eigenvalue weighted by Crippen LogP contribution is 2.67. The number of halogens is 2. The second kappa shape index (κ2) is 5.42. The van der Waals surface area contributed by atoms with Gasteiger partial charge in [-0.1, -0.05) is 19.9 Å². The summed E-state index contributed by atoms with van der Waals surface area (Å²) in [6.45, 7) is 4.79. The van der Waals surface area contributed by atoms with Crippen LogP contribution in [-0.4, -0.2) is 15.5 Å². The molecule has 6 unspecified atom stereocenters. The number of allylic oxidation sites excluding steroid dienone is 2. The van der Waals surface area contributed by atoms with E-state index in [9.17, 15) is 8.78 Å². The summed E-state index contributed by atoms with van der Waals surface area (Å²) >= 11 is 0. The minimum atomic E-state index is -2.43. The first-order chi connectivity index (χ1) is 12.3. The SMILES string of the molecule is CC12CCC3C(CCC4CC(F)(F)CCC43C)C1CC=C2n1ccnc1. The van der Waals surface area contributed by atoms with Gasteiger partial charge in [0.1, 0.15) is 0 Å². The summed E-state index contributed by atoms with van der Waals surface area (Å²) < 4.78 is 30.3. The van der Waals surface area contributed by atoms with Gasteiger partial charge in [-0.05, 0) is 67.6 Å². The molecule has 4 aliphatic rings. The summed E-state index contributed by atoms with van der Waals surface area (Å²) in [5.41, 5.74) is 1.76. The van der Waals surface area contributed by atoms with E-state index < -0.39 is 5.92 Å². The molecule has 1 aromatic rings. The van der Waals surface area contributed by atoms with Crippen molar-refractivity contribution in [2.24, 2.45) is 34.5 Å². The van der Waals surface area contributed by atoms with E-state index in [0.29, 0.717) is 17.8 Å². The Labute approximate surface area is 155 Å². The average Bonchev–Trinajstić information content (AvgIpc) is 3.22. The predicted molar refractivity (Wildman–Crippen MR) is 98.6 cm³/mol. The van der Waals surface area contributed by atoms with Crippen LogP contribution in [0.25, 0.3) is 5.70 Å². The van der Waals surface area contributed by atoms with Gasteiger partial charge in [-0.3, -0.25) is 0 Å². The summed E-state index contributed by atoms with van der Waals surface area (Å²) in [6.07, 6.45) is 14.9. The van der Waals surface area contributed by atoms with E-state index in [1.165, 1.54) is 18.5 Å². The molecule has 142 valence electrons. The Balaban J connectivity index is 1.44. The van der Waals surface area contributed by atoms with Crippen molar-refractivity contribution >= 4 is 5.70 Å². The van der Waals surface area contributed by atoms with E-state index in [2.05, 4.69) is 35.7 Å². The highest BCUT2D eigenvalue weighted by atomic mass is 19.3. The minimum absolute atomic E-state index is 0.101. The molecule has 26 heavy (non-hydrogen) atoms. The molecular weight excluding hydrogens is 330 g/mol. The van der Waals surface area contributed by atoms with E-state index in [0.717, 1.165) is 25.7 Å². The van der Waals surface area contributed by atoms with Crippen molar-refractivity contribution in [2.75, 3.05) is 0 Å². The zero-order valence-corrected chi connectivity index (χ0v) is 15.9. The molecule has 4 aliphatic carbocycles. The first kappa shape index (κ1) is 16.9. The molecule has 3 saturated carbocycles. The number of alkyl halides is 2. The topological polar surface area (TPSA) is 17.8 Å². The van der Waals surface area contributed by atoms with Crippen LogP contribution in [-0.2, 0) is 0 Å². The molecule has 5 rings (SSSR count). The lowest BCUT2D eigenvalue weighted by Gasteiger charge is -2.60. The van der Waals surface area contributed by atoms with Gasteiger partial charge in [0.25, 0.3) is 0 Å². The first-order valence-electron chi connectivity index (χ1n) is 10.4. The standard InChI is InChI=1S/C22H30F2N2/c1-20-9-10-22(23,24)13-15(20)3-4-16-17-5-6-19(26-12-11-25-14-26)21(17,2)8-7-18(16)20/h6,11-12,14-18H,3-5,7-10,13H2,1-2H3. The molecule has 0 amide bonds. The average molecular weight is 360 g/mol. The number of hydrogen-bond acceptors (Lipinski definition) is 1. The van der Waals surface area contributed by atoms with Crippen molar-refractivity contribution in [3.8, 4) is 0 Å². The zero-order chi connectivity index (χ0) is 18.2. The second-order valence-corrected chi connectivity index (χ2v) is 9.97. The molecule has 0 bridgehead atoms. The van der Waals surface area contributed by atoms with Gasteiger partial charge in [0.2, 0.25) is 5.92 Å². The third-order valence-electron chi connectivity index (χ3n) is 8.96. The van der Waals surface area contributed by atoms with Crippen LogP contribution in [0.3, 0.4) is 0 Å². The normalized spacial score (nSPS) is 46.8. The van der Waals surface area contributed by atoms with Gasteiger partial charge < -0.3 is 4.57 Å². The minimum Gasteiger partial charge on any atom is -0.310 e. The summed E-state index contributed by atoms with van der Waals surface area (Å²) in [4.78, 5) is 4.25. The molecule has 1 aromatic heterocycles. The van der Waals surface area contributed by atoms with Crippen molar-refractivity contribution in [2.45, 2.75) is 71.1 Å². The summed E-state index contributed by atoms with van der Waals surface area (Å²) in [5, 5.41) is 0. The van der Waals surface area contributed by atoms with Gasteiger partial charge in [0, 0.05) is 36.3 Å². The molecule has 1 heterocycles. The Hall–Kier alpha value is -1.19. The Morgan fingerprint density at radius 1 is 1.08 bits per heavy atom. The fraction of sp³-hybridized carbons (Fsp3) is 0.773. The maximum Gasteiger partial charge on any atom is 0.248 e. The number of aromatic nitrogens is 2. The van der Waals surface area contributed by atoms with Gasteiger partial charge in [0.05, 0.1) is 6.33 Å². The lowest BCUT2D eigenvalue weighted by atomic mass is 9.45. The summed E-state index contributed by atoms with van der Waals surface area (Å²) in [7, 11) is 0. The van der Waals surface area contributed by atoms with Gasteiger partial charge >= 0.3 is 0 Å². The van der Waals surface area contributed by atoms with Crippen LogP contribution in [0.15, 0.2) is 24.8 Å². The third kappa shape index (κ3) is 2.23. The maximum absolute atomic E-state index is 14.0. The fourth-order valence-electron chi connectivity index (χ4n) is 7.52. The van der Waals surface area contributed by atoms with Crippen molar-refractivity contribution in [3.63, 3.8) is 0 Å². The quantitative estimate of drug-likeness (QED) is 0.599.